The fraction of sp³-hybridized carbons (Fsp3) is 0.353. The molecule has 0 atom stereocenters. The Morgan fingerprint density at radius 2 is 2.09 bits per heavy atom. The van der Waals surface area contributed by atoms with E-state index in [2.05, 4.69) is 10.3 Å². The predicted molar refractivity (Wildman–Crippen MR) is 84.4 cm³/mol. The van der Waals surface area contributed by atoms with Gasteiger partial charge in [-0.3, -0.25) is 4.79 Å². The molecule has 1 heterocycles. The lowest BCUT2D eigenvalue weighted by molar-refractivity contribution is -0.144. The summed E-state index contributed by atoms with van der Waals surface area (Å²) >= 11 is 0. The van der Waals surface area contributed by atoms with Crippen LogP contribution in [0.5, 0.6) is 0 Å². The smallest absolute Gasteiger partial charge is 0.331 e. The molecule has 1 aliphatic carbocycles. The maximum atomic E-state index is 11.7. The number of benzene rings is 1. The lowest BCUT2D eigenvalue weighted by atomic mass is 10.2. The predicted octanol–water partition coefficient (Wildman–Crippen LogP) is 2.44. The Balaban J connectivity index is 1.47. The standard InChI is InChI=1S/C17H18N2O4/c20-15(18-12-5-1-2-6-12)11-22-17(21)10-9-16-19-13-7-3-4-8-14(13)23-16/h3-4,7-10,12H,1-2,5-6,11H2,(H,18,20)/b10-9+. The van der Waals surface area contributed by atoms with Gasteiger partial charge in [0.05, 0.1) is 0 Å². The van der Waals surface area contributed by atoms with Gasteiger partial charge in [0.1, 0.15) is 5.52 Å². The molecule has 1 aliphatic rings. The first kappa shape index (κ1) is 15.3. The Morgan fingerprint density at radius 3 is 2.87 bits per heavy atom. The van der Waals surface area contributed by atoms with Crippen LogP contribution in [0.15, 0.2) is 34.8 Å². The zero-order chi connectivity index (χ0) is 16.1. The number of oxazole rings is 1. The number of aromatic nitrogens is 1. The van der Waals surface area contributed by atoms with Gasteiger partial charge in [0.15, 0.2) is 12.2 Å². The summed E-state index contributed by atoms with van der Waals surface area (Å²) in [5, 5.41) is 2.85. The van der Waals surface area contributed by atoms with Gasteiger partial charge in [-0.05, 0) is 25.0 Å². The van der Waals surface area contributed by atoms with Gasteiger partial charge >= 0.3 is 5.97 Å². The molecule has 0 aliphatic heterocycles. The van der Waals surface area contributed by atoms with E-state index in [1.807, 2.05) is 18.2 Å². The summed E-state index contributed by atoms with van der Waals surface area (Å²) in [5.41, 5.74) is 1.37. The van der Waals surface area contributed by atoms with Gasteiger partial charge in [-0.25, -0.2) is 9.78 Å². The molecule has 1 aromatic heterocycles. The van der Waals surface area contributed by atoms with Crippen LogP contribution in [0.2, 0.25) is 0 Å². The highest BCUT2D eigenvalue weighted by molar-refractivity contribution is 5.89. The molecule has 1 N–H and O–H groups in total. The van der Waals surface area contributed by atoms with Crippen molar-refractivity contribution >= 4 is 29.1 Å². The van der Waals surface area contributed by atoms with Gasteiger partial charge in [0.25, 0.3) is 5.91 Å². The maximum Gasteiger partial charge on any atom is 0.331 e. The molecule has 1 saturated carbocycles. The number of para-hydroxylation sites is 2. The van der Waals surface area contributed by atoms with E-state index < -0.39 is 5.97 Å². The molecule has 0 saturated heterocycles. The molecule has 120 valence electrons. The first-order chi connectivity index (χ1) is 11.2. The van der Waals surface area contributed by atoms with Gasteiger partial charge in [-0.2, -0.15) is 0 Å². The molecule has 6 nitrogen and oxygen atoms in total. The van der Waals surface area contributed by atoms with E-state index in [4.69, 9.17) is 9.15 Å². The number of carbonyl (C=O) groups is 2. The van der Waals surface area contributed by atoms with Gasteiger partial charge in [-0.1, -0.05) is 25.0 Å². The molecule has 0 radical (unpaired) electrons. The van der Waals surface area contributed by atoms with E-state index in [0.29, 0.717) is 11.5 Å². The van der Waals surface area contributed by atoms with Crippen molar-refractivity contribution in [1.82, 2.24) is 10.3 Å². The van der Waals surface area contributed by atoms with Crippen molar-refractivity contribution in [3.63, 3.8) is 0 Å². The van der Waals surface area contributed by atoms with Crippen LogP contribution < -0.4 is 5.32 Å². The Morgan fingerprint density at radius 1 is 1.30 bits per heavy atom. The fourth-order valence-corrected chi connectivity index (χ4v) is 2.62. The lowest BCUT2D eigenvalue weighted by Gasteiger charge is -2.11. The van der Waals surface area contributed by atoms with Crippen molar-refractivity contribution in [3.8, 4) is 0 Å². The molecule has 0 bridgehead atoms. The lowest BCUT2D eigenvalue weighted by Crippen LogP contribution is -2.35. The zero-order valence-corrected chi connectivity index (χ0v) is 12.7. The van der Waals surface area contributed by atoms with Crippen molar-refractivity contribution in [3.05, 3.63) is 36.2 Å². The highest BCUT2D eigenvalue weighted by atomic mass is 16.5. The van der Waals surface area contributed by atoms with Crippen molar-refractivity contribution in [2.24, 2.45) is 0 Å². The summed E-state index contributed by atoms with van der Waals surface area (Å²) in [6, 6.07) is 7.54. The zero-order valence-electron chi connectivity index (χ0n) is 12.7. The van der Waals surface area contributed by atoms with Crippen LogP contribution in [-0.4, -0.2) is 29.5 Å². The third-order valence-corrected chi connectivity index (χ3v) is 3.74. The van der Waals surface area contributed by atoms with Crippen molar-refractivity contribution < 1.29 is 18.7 Å². The first-order valence-corrected chi connectivity index (χ1v) is 7.70. The van der Waals surface area contributed by atoms with Gasteiger partial charge < -0.3 is 14.5 Å². The van der Waals surface area contributed by atoms with Crippen LogP contribution in [0, 0.1) is 0 Å². The molecule has 0 unspecified atom stereocenters. The van der Waals surface area contributed by atoms with Crippen LogP contribution >= 0.6 is 0 Å². The van der Waals surface area contributed by atoms with Crippen LogP contribution in [-0.2, 0) is 14.3 Å². The fourth-order valence-electron chi connectivity index (χ4n) is 2.62. The molecular formula is C17H18N2O4. The number of hydrogen-bond donors (Lipinski definition) is 1. The average molecular weight is 314 g/mol. The van der Waals surface area contributed by atoms with E-state index in [9.17, 15) is 9.59 Å². The molecule has 0 spiro atoms. The average Bonchev–Trinajstić information content (AvgIpc) is 3.19. The van der Waals surface area contributed by atoms with Gasteiger partial charge in [0.2, 0.25) is 5.89 Å². The third-order valence-electron chi connectivity index (χ3n) is 3.74. The number of carbonyl (C=O) groups excluding carboxylic acids is 2. The third kappa shape index (κ3) is 4.18. The van der Waals surface area contributed by atoms with Crippen LogP contribution in [0.1, 0.15) is 31.6 Å². The minimum Gasteiger partial charge on any atom is -0.452 e. The summed E-state index contributed by atoms with van der Waals surface area (Å²) in [6.07, 6.45) is 6.90. The highest BCUT2D eigenvalue weighted by Crippen LogP contribution is 2.17. The number of nitrogens with zero attached hydrogens (tertiary/aromatic N) is 1. The van der Waals surface area contributed by atoms with Crippen LogP contribution in [0.4, 0.5) is 0 Å². The Kier molecular flexibility index (Phi) is 4.71. The van der Waals surface area contributed by atoms with Gasteiger partial charge in [0, 0.05) is 18.2 Å². The summed E-state index contributed by atoms with van der Waals surface area (Å²) in [6.45, 7) is -0.271. The van der Waals surface area contributed by atoms with E-state index in [0.717, 1.165) is 31.2 Å². The van der Waals surface area contributed by atoms with E-state index in [1.54, 1.807) is 6.07 Å². The number of ether oxygens (including phenoxy) is 1. The largest absolute Gasteiger partial charge is 0.452 e. The molecule has 1 fully saturated rings. The Labute approximate surface area is 133 Å². The van der Waals surface area contributed by atoms with Crippen molar-refractivity contribution in [1.29, 1.82) is 0 Å². The summed E-state index contributed by atoms with van der Waals surface area (Å²) in [4.78, 5) is 27.5. The number of fused-ring (bicyclic) bond motifs is 1. The molecule has 23 heavy (non-hydrogen) atoms. The molecule has 2 aromatic rings. The summed E-state index contributed by atoms with van der Waals surface area (Å²) in [7, 11) is 0. The number of hydrogen-bond acceptors (Lipinski definition) is 5. The van der Waals surface area contributed by atoms with Crippen LogP contribution in [0.25, 0.3) is 17.2 Å². The SMILES string of the molecule is O=C(COC(=O)/C=C/c1nc2ccccc2o1)NC1CCCC1. The minimum atomic E-state index is -0.603. The van der Waals surface area contributed by atoms with Crippen LogP contribution in [0.3, 0.4) is 0 Å². The van der Waals surface area contributed by atoms with Crippen molar-refractivity contribution in [2.75, 3.05) is 6.61 Å². The normalized spacial score (nSPS) is 15.3. The topological polar surface area (TPSA) is 81.4 Å². The number of rotatable bonds is 5. The van der Waals surface area contributed by atoms with Crippen molar-refractivity contribution in [2.45, 2.75) is 31.7 Å². The number of nitrogens with one attached hydrogen (secondary N) is 1. The quantitative estimate of drug-likeness (QED) is 0.677. The molecule has 1 amide bonds. The number of amides is 1. The molecule has 6 heteroatoms. The summed E-state index contributed by atoms with van der Waals surface area (Å²) in [5.74, 6) is -0.548. The maximum absolute atomic E-state index is 11.7. The Bertz CT molecular complexity index is 696. The van der Waals surface area contributed by atoms with E-state index in [1.165, 1.54) is 12.2 Å². The Hall–Kier alpha value is -2.63. The summed E-state index contributed by atoms with van der Waals surface area (Å²) < 4.78 is 10.4. The monoisotopic (exact) mass is 314 g/mol. The first-order valence-electron chi connectivity index (χ1n) is 7.70. The second-order valence-corrected chi connectivity index (χ2v) is 5.51. The second-order valence-electron chi connectivity index (χ2n) is 5.51. The van der Waals surface area contributed by atoms with Gasteiger partial charge in [-0.15, -0.1) is 0 Å². The highest BCUT2D eigenvalue weighted by Gasteiger charge is 2.17. The number of esters is 1. The molecule has 3 rings (SSSR count). The van der Waals surface area contributed by atoms with E-state index in [-0.39, 0.29) is 18.6 Å². The minimum absolute atomic E-state index is 0.219. The second kappa shape index (κ2) is 7.09. The van der Waals surface area contributed by atoms with E-state index >= 15 is 0 Å². The molecular weight excluding hydrogens is 296 g/mol. The molecule has 1 aromatic carbocycles.